The maximum Gasteiger partial charge on any atom is 0.290 e. The van der Waals surface area contributed by atoms with Crippen LogP contribution in [0, 0.1) is 0 Å². The molecule has 2 amide bonds. The average Bonchev–Trinajstić information content (AvgIpc) is 3.05. The van der Waals surface area contributed by atoms with Gasteiger partial charge in [0, 0.05) is 32.3 Å². The first-order chi connectivity index (χ1) is 13.9. The van der Waals surface area contributed by atoms with Gasteiger partial charge in [-0.3, -0.25) is 14.9 Å². The van der Waals surface area contributed by atoms with Crippen LogP contribution in [-0.2, 0) is 14.8 Å². The Hall–Kier alpha value is -2.83. The fourth-order valence-corrected chi connectivity index (χ4v) is 5.02. The predicted molar refractivity (Wildman–Crippen MR) is 106 cm³/mol. The molecule has 0 bridgehead atoms. The summed E-state index contributed by atoms with van der Waals surface area (Å²) in [6.07, 6.45) is 2.74. The number of hydrogen-bond acceptors (Lipinski definition) is 9. The van der Waals surface area contributed by atoms with E-state index in [2.05, 4.69) is 20.3 Å². The zero-order valence-corrected chi connectivity index (χ0v) is 16.7. The molecule has 3 heterocycles. The topological polar surface area (TPSA) is 125 Å². The second kappa shape index (κ2) is 7.89. The highest BCUT2D eigenvalue weighted by Gasteiger charge is 2.29. The van der Waals surface area contributed by atoms with E-state index in [0.29, 0.717) is 32.1 Å². The molecule has 0 spiro atoms. The second-order valence-electron chi connectivity index (χ2n) is 6.20. The number of aromatic nitrogens is 3. The molecule has 0 unspecified atom stereocenters. The molecule has 2 aliphatic rings. The summed E-state index contributed by atoms with van der Waals surface area (Å²) in [7, 11) is -3.54. The Labute approximate surface area is 171 Å². The number of piperazine rings is 1. The van der Waals surface area contributed by atoms with Crippen LogP contribution in [0.3, 0.4) is 0 Å². The molecule has 2 aliphatic heterocycles. The van der Waals surface area contributed by atoms with E-state index in [1.165, 1.54) is 16.7 Å². The van der Waals surface area contributed by atoms with Crippen LogP contribution in [0.5, 0.6) is 0 Å². The van der Waals surface area contributed by atoms with Gasteiger partial charge in [-0.2, -0.15) is 9.29 Å². The van der Waals surface area contributed by atoms with Crippen molar-refractivity contribution in [1.29, 1.82) is 0 Å². The Kier molecular flexibility index (Phi) is 5.30. The molecule has 10 nitrogen and oxygen atoms in total. The normalized spacial score (nSPS) is 19.6. The molecule has 150 valence electrons. The van der Waals surface area contributed by atoms with E-state index in [0.717, 1.165) is 11.8 Å². The van der Waals surface area contributed by atoms with Crippen molar-refractivity contribution < 1.29 is 18.0 Å². The molecular weight excluding hydrogens is 416 g/mol. The van der Waals surface area contributed by atoms with Gasteiger partial charge in [-0.15, -0.1) is 0 Å². The number of carbonyl (C=O) groups is 2. The summed E-state index contributed by atoms with van der Waals surface area (Å²) in [6.45, 7) is 1.43. The number of anilines is 1. The molecule has 12 heteroatoms. The molecule has 1 aromatic heterocycles. The Morgan fingerprint density at radius 1 is 1.03 bits per heavy atom. The largest absolute Gasteiger partial charge is 0.338 e. The molecule has 0 radical (unpaired) electrons. The van der Waals surface area contributed by atoms with E-state index >= 15 is 0 Å². The lowest BCUT2D eigenvalue weighted by atomic mass is 10.4. The van der Waals surface area contributed by atoms with E-state index in [-0.39, 0.29) is 15.6 Å². The van der Waals surface area contributed by atoms with Gasteiger partial charge in [0.1, 0.15) is 6.33 Å². The lowest BCUT2D eigenvalue weighted by Gasteiger charge is -2.33. The molecule has 1 N–H and O–H groups in total. The molecule has 2 fully saturated rings. The minimum absolute atomic E-state index is 0.214. The number of carbonyl (C=O) groups excluding carboxylic acids is 2. The van der Waals surface area contributed by atoms with Gasteiger partial charge in [0.25, 0.3) is 11.1 Å². The van der Waals surface area contributed by atoms with Gasteiger partial charge in [0.2, 0.25) is 16.0 Å². The lowest BCUT2D eigenvalue weighted by molar-refractivity contribution is -0.115. The van der Waals surface area contributed by atoms with Crippen molar-refractivity contribution in [2.75, 3.05) is 31.1 Å². The fraction of sp³-hybridized carbons (Fsp3) is 0.235. The zero-order chi connectivity index (χ0) is 20.4. The number of thioether (sulfide) groups is 1. The first kappa shape index (κ1) is 19.5. The number of rotatable bonds is 4. The first-order valence-corrected chi connectivity index (χ1v) is 10.9. The smallest absolute Gasteiger partial charge is 0.290 e. The van der Waals surface area contributed by atoms with E-state index in [1.807, 2.05) is 4.90 Å². The van der Waals surface area contributed by atoms with Crippen LogP contribution in [0.25, 0.3) is 6.08 Å². The number of nitrogens with zero attached hydrogens (tertiary/aromatic N) is 5. The lowest BCUT2D eigenvalue weighted by Crippen LogP contribution is -2.49. The van der Waals surface area contributed by atoms with Crippen molar-refractivity contribution in [3.8, 4) is 0 Å². The van der Waals surface area contributed by atoms with Gasteiger partial charge in [0.15, 0.2) is 5.82 Å². The highest BCUT2D eigenvalue weighted by molar-refractivity contribution is 8.18. The SMILES string of the molecule is O=C1NC(=O)/C(=C/c2ncnc(N3CCN(S(=O)(=O)c4ccccc4)CC3)n2)S1. The van der Waals surface area contributed by atoms with Crippen LogP contribution < -0.4 is 10.2 Å². The number of imide groups is 1. The highest BCUT2D eigenvalue weighted by atomic mass is 32.2. The fourth-order valence-electron chi connectivity index (χ4n) is 2.93. The Morgan fingerprint density at radius 3 is 2.41 bits per heavy atom. The number of hydrogen-bond donors (Lipinski definition) is 1. The summed E-state index contributed by atoms with van der Waals surface area (Å²) in [6, 6.07) is 8.32. The van der Waals surface area contributed by atoms with Crippen LogP contribution >= 0.6 is 11.8 Å². The van der Waals surface area contributed by atoms with Crippen LogP contribution in [0.2, 0.25) is 0 Å². The van der Waals surface area contributed by atoms with Crippen LogP contribution in [0.4, 0.5) is 10.7 Å². The number of amides is 2. The number of nitrogens with one attached hydrogen (secondary N) is 1. The maximum absolute atomic E-state index is 12.7. The highest BCUT2D eigenvalue weighted by Crippen LogP contribution is 2.25. The molecule has 2 aromatic rings. The summed E-state index contributed by atoms with van der Waals surface area (Å²) in [5.74, 6) is 0.154. The van der Waals surface area contributed by atoms with Crippen molar-refractivity contribution in [2.45, 2.75) is 4.90 Å². The standard InChI is InChI=1S/C17H16N6O4S2/c24-15-13(28-17(25)21-15)10-14-18-11-19-16(20-14)22-6-8-23(9-7-22)29(26,27)12-4-2-1-3-5-12/h1-5,10-11H,6-9H2,(H,21,24,25)/b13-10-. The molecule has 0 aliphatic carbocycles. The summed E-state index contributed by atoms with van der Waals surface area (Å²) in [5.41, 5.74) is 0. The molecule has 4 rings (SSSR count). The van der Waals surface area contributed by atoms with Gasteiger partial charge in [-0.25, -0.2) is 18.4 Å². The summed E-state index contributed by atoms with van der Waals surface area (Å²) in [5, 5.41) is 1.73. The molecular formula is C17H16N6O4S2. The Balaban J connectivity index is 1.46. The van der Waals surface area contributed by atoms with Crippen molar-refractivity contribution >= 4 is 45.0 Å². The van der Waals surface area contributed by atoms with Crippen molar-refractivity contribution in [3.63, 3.8) is 0 Å². The third-order valence-corrected chi connectivity index (χ3v) is 7.11. The molecule has 2 saturated heterocycles. The van der Waals surface area contributed by atoms with Crippen LogP contribution in [-0.4, -0.2) is 65.0 Å². The Bertz CT molecular complexity index is 1080. The van der Waals surface area contributed by atoms with Gasteiger partial charge in [0.05, 0.1) is 9.80 Å². The van der Waals surface area contributed by atoms with Gasteiger partial charge < -0.3 is 4.90 Å². The average molecular weight is 432 g/mol. The molecule has 29 heavy (non-hydrogen) atoms. The summed E-state index contributed by atoms with van der Waals surface area (Å²) >= 11 is 0.785. The third-order valence-electron chi connectivity index (χ3n) is 4.38. The van der Waals surface area contributed by atoms with Gasteiger partial charge >= 0.3 is 0 Å². The van der Waals surface area contributed by atoms with Crippen LogP contribution in [0.15, 0.2) is 46.5 Å². The first-order valence-electron chi connectivity index (χ1n) is 8.67. The van der Waals surface area contributed by atoms with Gasteiger partial charge in [-0.1, -0.05) is 18.2 Å². The van der Waals surface area contributed by atoms with E-state index in [1.54, 1.807) is 30.3 Å². The minimum atomic E-state index is -3.54. The van der Waals surface area contributed by atoms with E-state index < -0.39 is 21.2 Å². The van der Waals surface area contributed by atoms with Crippen molar-refractivity contribution in [1.82, 2.24) is 24.6 Å². The summed E-state index contributed by atoms with van der Waals surface area (Å²) in [4.78, 5) is 37.7. The predicted octanol–water partition coefficient (Wildman–Crippen LogP) is 0.706. The monoisotopic (exact) mass is 432 g/mol. The third kappa shape index (κ3) is 4.13. The summed E-state index contributed by atoms with van der Waals surface area (Å²) < 4.78 is 26.9. The second-order valence-corrected chi connectivity index (χ2v) is 9.15. The molecule has 0 atom stereocenters. The van der Waals surface area contributed by atoms with Crippen LogP contribution in [0.1, 0.15) is 5.82 Å². The van der Waals surface area contributed by atoms with E-state index in [4.69, 9.17) is 0 Å². The molecule has 0 saturated carbocycles. The van der Waals surface area contributed by atoms with Gasteiger partial charge in [-0.05, 0) is 23.9 Å². The zero-order valence-electron chi connectivity index (χ0n) is 15.1. The Morgan fingerprint density at radius 2 is 1.76 bits per heavy atom. The maximum atomic E-state index is 12.7. The number of benzene rings is 1. The van der Waals surface area contributed by atoms with Crippen molar-refractivity contribution in [2.24, 2.45) is 0 Å². The quantitative estimate of drug-likeness (QED) is 0.695. The van der Waals surface area contributed by atoms with Crippen molar-refractivity contribution in [3.05, 3.63) is 47.4 Å². The number of sulfonamides is 1. The molecule has 1 aromatic carbocycles. The van der Waals surface area contributed by atoms with E-state index in [9.17, 15) is 18.0 Å². The minimum Gasteiger partial charge on any atom is -0.338 e.